The van der Waals surface area contributed by atoms with E-state index in [4.69, 9.17) is 4.74 Å². The number of aryl methyl sites for hydroxylation is 2. The maximum atomic E-state index is 13.3. The van der Waals surface area contributed by atoms with Gasteiger partial charge in [-0.05, 0) is 61.4 Å². The van der Waals surface area contributed by atoms with Gasteiger partial charge < -0.3 is 4.74 Å². The lowest BCUT2D eigenvalue weighted by atomic mass is 9.99. The van der Waals surface area contributed by atoms with E-state index in [9.17, 15) is 4.79 Å². The Labute approximate surface area is 199 Å². The van der Waals surface area contributed by atoms with Gasteiger partial charge in [0.1, 0.15) is 12.4 Å². The van der Waals surface area contributed by atoms with Crippen molar-refractivity contribution in [1.82, 2.24) is 0 Å². The summed E-state index contributed by atoms with van der Waals surface area (Å²) in [5.74, 6) is 0.598. The molecule has 4 aromatic rings. The highest BCUT2D eigenvalue weighted by Gasteiger charge is 2.29. The number of para-hydroxylation sites is 1. The van der Waals surface area contributed by atoms with Crippen LogP contribution < -0.4 is 9.75 Å². The van der Waals surface area contributed by atoms with Gasteiger partial charge in [0.05, 0.1) is 17.0 Å². The molecule has 1 heterocycles. The highest BCUT2D eigenvalue weighted by atomic mass is 16.5. The number of hydrogen-bond donors (Lipinski definition) is 0. The zero-order valence-corrected chi connectivity index (χ0v) is 19.6. The summed E-state index contributed by atoms with van der Waals surface area (Å²) in [7, 11) is 0. The van der Waals surface area contributed by atoms with E-state index in [2.05, 4.69) is 55.3 Å². The summed E-state index contributed by atoms with van der Waals surface area (Å²) >= 11 is 0. The molecular formula is C30H26N2O2. The summed E-state index contributed by atoms with van der Waals surface area (Å²) in [6.07, 6.45) is 1.92. The molecule has 5 rings (SSSR count). The van der Waals surface area contributed by atoms with Crippen LogP contribution in [0.4, 0.5) is 5.69 Å². The van der Waals surface area contributed by atoms with Crippen LogP contribution in [-0.4, -0.2) is 11.6 Å². The van der Waals surface area contributed by atoms with Gasteiger partial charge in [0.2, 0.25) is 0 Å². The zero-order chi connectivity index (χ0) is 23.7. The molecule has 168 valence electrons. The monoisotopic (exact) mass is 446 g/mol. The van der Waals surface area contributed by atoms with Crippen LogP contribution in [0.1, 0.15) is 29.2 Å². The van der Waals surface area contributed by atoms with Crippen molar-refractivity contribution in [2.45, 2.75) is 27.4 Å². The fraction of sp³-hybridized carbons (Fsp3) is 0.133. The van der Waals surface area contributed by atoms with E-state index >= 15 is 0 Å². The molecule has 1 amide bonds. The molecular weight excluding hydrogens is 420 g/mol. The number of carbonyl (C=O) groups excluding carboxylic acids is 1. The molecule has 1 aliphatic rings. The van der Waals surface area contributed by atoms with Crippen LogP contribution in [0.15, 0.2) is 95.6 Å². The molecule has 34 heavy (non-hydrogen) atoms. The topological polar surface area (TPSA) is 41.9 Å². The lowest BCUT2D eigenvalue weighted by molar-refractivity contribution is -0.114. The van der Waals surface area contributed by atoms with Crippen molar-refractivity contribution in [2.75, 3.05) is 5.01 Å². The highest BCUT2D eigenvalue weighted by molar-refractivity contribution is 6.32. The average molecular weight is 447 g/mol. The van der Waals surface area contributed by atoms with Gasteiger partial charge in [-0.3, -0.25) is 4.79 Å². The minimum Gasteiger partial charge on any atom is -0.488 e. The molecule has 1 aliphatic heterocycles. The van der Waals surface area contributed by atoms with Crippen molar-refractivity contribution in [2.24, 2.45) is 5.10 Å². The van der Waals surface area contributed by atoms with Gasteiger partial charge in [0.15, 0.2) is 0 Å². The predicted octanol–water partition coefficient (Wildman–Crippen LogP) is 6.84. The van der Waals surface area contributed by atoms with Gasteiger partial charge in [0.25, 0.3) is 5.91 Å². The fourth-order valence-electron chi connectivity index (χ4n) is 4.44. The Balaban J connectivity index is 1.55. The Kier molecular flexibility index (Phi) is 5.72. The van der Waals surface area contributed by atoms with Crippen LogP contribution in [0.2, 0.25) is 0 Å². The van der Waals surface area contributed by atoms with E-state index in [0.29, 0.717) is 17.9 Å². The number of benzene rings is 4. The molecule has 4 aromatic carbocycles. The zero-order valence-electron chi connectivity index (χ0n) is 19.6. The summed E-state index contributed by atoms with van der Waals surface area (Å²) in [6.45, 7) is 6.51. The minimum atomic E-state index is -0.142. The molecule has 0 saturated heterocycles. The second-order valence-corrected chi connectivity index (χ2v) is 8.68. The molecule has 4 heteroatoms. The van der Waals surface area contributed by atoms with Crippen molar-refractivity contribution in [3.8, 4) is 5.75 Å². The Morgan fingerprint density at radius 3 is 2.32 bits per heavy atom. The summed E-state index contributed by atoms with van der Waals surface area (Å²) in [6, 6.07) is 28.1. The third-order valence-electron chi connectivity index (χ3n) is 5.96. The van der Waals surface area contributed by atoms with Gasteiger partial charge in [-0.1, -0.05) is 77.9 Å². The number of rotatable bonds is 5. The standard InChI is InChI=1S/C30H26N2O2/c1-20-15-21(2)17-23(16-20)19-34-29-14-13-24-9-7-8-12-26(24)28(29)18-27-22(3)31-32(30(27)33)25-10-5-4-6-11-25/h4-18H,19H2,1-3H3/b27-18+. The number of fused-ring (bicyclic) bond motifs is 1. The van der Waals surface area contributed by atoms with Crippen molar-refractivity contribution in [3.05, 3.63) is 113 Å². The van der Waals surface area contributed by atoms with Crippen LogP contribution in [0.25, 0.3) is 16.8 Å². The van der Waals surface area contributed by atoms with Crippen LogP contribution in [-0.2, 0) is 11.4 Å². The van der Waals surface area contributed by atoms with Gasteiger partial charge >= 0.3 is 0 Å². The number of ether oxygens (including phenoxy) is 1. The maximum Gasteiger partial charge on any atom is 0.280 e. The van der Waals surface area contributed by atoms with E-state index in [-0.39, 0.29) is 5.91 Å². The highest BCUT2D eigenvalue weighted by Crippen LogP contribution is 2.33. The van der Waals surface area contributed by atoms with E-state index in [1.165, 1.54) is 16.1 Å². The minimum absolute atomic E-state index is 0.142. The molecule has 4 nitrogen and oxygen atoms in total. The normalized spacial score (nSPS) is 14.7. The second kappa shape index (κ2) is 8.99. The molecule has 0 saturated carbocycles. The van der Waals surface area contributed by atoms with Crippen LogP contribution >= 0.6 is 0 Å². The lowest BCUT2D eigenvalue weighted by Gasteiger charge is -2.14. The third kappa shape index (κ3) is 4.23. The number of hydrogen-bond acceptors (Lipinski definition) is 3. The smallest absolute Gasteiger partial charge is 0.280 e. The molecule has 0 spiro atoms. The number of hydrazone groups is 1. The van der Waals surface area contributed by atoms with Crippen LogP contribution in [0.3, 0.4) is 0 Å². The summed E-state index contributed by atoms with van der Waals surface area (Å²) in [5.41, 5.74) is 6.43. The van der Waals surface area contributed by atoms with Crippen molar-refractivity contribution in [1.29, 1.82) is 0 Å². The van der Waals surface area contributed by atoms with E-state index in [1.807, 2.05) is 61.5 Å². The molecule has 0 atom stereocenters. The van der Waals surface area contributed by atoms with Gasteiger partial charge in [-0.2, -0.15) is 10.1 Å². The lowest BCUT2D eigenvalue weighted by Crippen LogP contribution is -2.21. The van der Waals surface area contributed by atoms with Crippen LogP contribution in [0.5, 0.6) is 5.75 Å². The first-order valence-corrected chi connectivity index (χ1v) is 11.4. The molecule has 0 N–H and O–H groups in total. The van der Waals surface area contributed by atoms with E-state index in [1.54, 1.807) is 0 Å². The number of nitrogens with zero attached hydrogens (tertiary/aromatic N) is 2. The van der Waals surface area contributed by atoms with Crippen molar-refractivity contribution in [3.63, 3.8) is 0 Å². The summed E-state index contributed by atoms with van der Waals surface area (Å²) in [4.78, 5) is 13.3. The Morgan fingerprint density at radius 2 is 1.56 bits per heavy atom. The fourth-order valence-corrected chi connectivity index (χ4v) is 4.44. The first-order valence-electron chi connectivity index (χ1n) is 11.4. The summed E-state index contributed by atoms with van der Waals surface area (Å²) in [5, 5.41) is 8.12. The third-order valence-corrected chi connectivity index (χ3v) is 5.96. The SMILES string of the molecule is CC1=NN(c2ccccc2)C(=O)/C1=C/c1c(OCc2cc(C)cc(C)c2)ccc2ccccc12. The average Bonchev–Trinajstić information content (AvgIpc) is 3.12. The predicted molar refractivity (Wildman–Crippen MR) is 139 cm³/mol. The van der Waals surface area contributed by atoms with Crippen molar-refractivity contribution < 1.29 is 9.53 Å². The largest absolute Gasteiger partial charge is 0.488 e. The van der Waals surface area contributed by atoms with E-state index in [0.717, 1.165) is 33.3 Å². The van der Waals surface area contributed by atoms with Gasteiger partial charge in [0, 0.05) is 5.56 Å². The summed E-state index contributed by atoms with van der Waals surface area (Å²) < 4.78 is 6.32. The molecule has 0 aliphatic carbocycles. The van der Waals surface area contributed by atoms with Gasteiger partial charge in [-0.25, -0.2) is 0 Å². The van der Waals surface area contributed by atoms with Gasteiger partial charge in [-0.15, -0.1) is 0 Å². The Hall–Kier alpha value is -4.18. The Bertz CT molecular complexity index is 1430. The second-order valence-electron chi connectivity index (χ2n) is 8.68. The Morgan fingerprint density at radius 1 is 0.853 bits per heavy atom. The first-order chi connectivity index (χ1) is 16.5. The quantitative estimate of drug-likeness (QED) is 0.315. The molecule has 0 aromatic heterocycles. The maximum absolute atomic E-state index is 13.3. The molecule has 0 radical (unpaired) electrons. The number of amides is 1. The molecule has 0 fully saturated rings. The molecule has 0 unspecified atom stereocenters. The number of carbonyl (C=O) groups is 1. The number of anilines is 1. The first kappa shape index (κ1) is 21.7. The van der Waals surface area contributed by atoms with Crippen LogP contribution in [0, 0.1) is 13.8 Å². The molecule has 0 bridgehead atoms. The van der Waals surface area contributed by atoms with E-state index < -0.39 is 0 Å². The van der Waals surface area contributed by atoms with Crippen molar-refractivity contribution >= 4 is 34.2 Å².